The van der Waals surface area contributed by atoms with Gasteiger partial charge < -0.3 is 11.1 Å². The lowest BCUT2D eigenvalue weighted by atomic mass is 10.3. The van der Waals surface area contributed by atoms with Crippen molar-refractivity contribution in [1.82, 2.24) is 20.5 Å². The molecule has 1 aromatic rings. The van der Waals surface area contributed by atoms with E-state index in [2.05, 4.69) is 39.1 Å². The van der Waals surface area contributed by atoms with Gasteiger partial charge in [0.05, 0.1) is 0 Å². The molecule has 1 atom stereocenters. The first-order valence-electron chi connectivity index (χ1n) is 5.67. The van der Waals surface area contributed by atoms with Gasteiger partial charge in [-0.05, 0) is 37.1 Å². The molecule has 1 amide bonds. The first-order chi connectivity index (χ1) is 8.09. The van der Waals surface area contributed by atoms with Gasteiger partial charge in [-0.25, -0.2) is 4.63 Å². The van der Waals surface area contributed by atoms with Crippen LogP contribution in [0.2, 0.25) is 0 Å². The Hall–Kier alpha value is -1.63. The maximum atomic E-state index is 11.7. The van der Waals surface area contributed by atoms with Gasteiger partial charge in [0.2, 0.25) is 11.5 Å². The molecule has 3 N–H and O–H groups in total. The maximum Gasteiger partial charge on any atom is 0.277 e. The minimum Gasteiger partial charge on any atom is -0.379 e. The Kier molecular flexibility index (Phi) is 3.28. The van der Waals surface area contributed by atoms with Crippen LogP contribution in [0.1, 0.15) is 30.3 Å². The zero-order chi connectivity index (χ0) is 12.4. The van der Waals surface area contributed by atoms with Crippen molar-refractivity contribution in [1.29, 1.82) is 0 Å². The number of anilines is 1. The van der Waals surface area contributed by atoms with Gasteiger partial charge in [0.15, 0.2) is 0 Å². The molecule has 1 fully saturated rings. The summed E-state index contributed by atoms with van der Waals surface area (Å²) in [6, 6.07) is 0.952. The van der Waals surface area contributed by atoms with E-state index >= 15 is 0 Å². The number of nitrogen functional groups attached to an aromatic ring is 1. The molecule has 94 valence electrons. The van der Waals surface area contributed by atoms with Gasteiger partial charge >= 0.3 is 0 Å². The predicted molar refractivity (Wildman–Crippen MR) is 61.3 cm³/mol. The second-order valence-electron chi connectivity index (χ2n) is 4.45. The fraction of sp³-hybridized carbons (Fsp3) is 0.700. The fourth-order valence-corrected chi connectivity index (χ4v) is 1.66. The molecule has 7 nitrogen and oxygen atoms in total. The average Bonchev–Trinajstić information content (AvgIpc) is 3.07. The molecule has 1 aromatic heterocycles. The molecule has 0 bridgehead atoms. The Morgan fingerprint density at radius 3 is 2.88 bits per heavy atom. The lowest BCUT2D eigenvalue weighted by Gasteiger charge is -2.24. The van der Waals surface area contributed by atoms with Gasteiger partial charge in [-0.1, -0.05) is 0 Å². The monoisotopic (exact) mass is 239 g/mol. The van der Waals surface area contributed by atoms with E-state index in [4.69, 9.17) is 5.73 Å². The number of nitrogens with two attached hydrogens (primary N) is 1. The molecule has 17 heavy (non-hydrogen) atoms. The number of carbonyl (C=O) groups is 1. The number of rotatable bonds is 5. The van der Waals surface area contributed by atoms with E-state index in [9.17, 15) is 4.79 Å². The molecule has 1 heterocycles. The number of carbonyl (C=O) groups excluding carboxylic acids is 1. The number of likely N-dealkylation sites (N-methyl/N-ethyl adjacent to an activating group) is 1. The van der Waals surface area contributed by atoms with Crippen molar-refractivity contribution in [3.63, 3.8) is 0 Å². The van der Waals surface area contributed by atoms with Crippen LogP contribution in [0, 0.1) is 0 Å². The summed E-state index contributed by atoms with van der Waals surface area (Å²) in [6.07, 6.45) is 2.49. The van der Waals surface area contributed by atoms with Crippen molar-refractivity contribution in [3.8, 4) is 0 Å². The molecule has 0 saturated heterocycles. The maximum absolute atomic E-state index is 11.7. The summed E-state index contributed by atoms with van der Waals surface area (Å²) in [7, 11) is 2.07. The Bertz CT molecular complexity index is 401. The normalized spacial score (nSPS) is 17.1. The highest BCUT2D eigenvalue weighted by molar-refractivity contribution is 5.95. The van der Waals surface area contributed by atoms with Crippen LogP contribution in [0.5, 0.6) is 0 Å². The van der Waals surface area contributed by atoms with Gasteiger partial charge in [0, 0.05) is 18.6 Å². The number of aromatic nitrogens is 2. The highest BCUT2D eigenvalue weighted by Gasteiger charge is 2.29. The molecule has 7 heteroatoms. The van der Waals surface area contributed by atoms with Crippen LogP contribution in [0.3, 0.4) is 0 Å². The van der Waals surface area contributed by atoms with Crippen molar-refractivity contribution >= 4 is 11.7 Å². The molecular weight excluding hydrogens is 222 g/mol. The molecule has 1 aliphatic rings. The Labute approximate surface area is 99.3 Å². The number of hydrogen-bond donors (Lipinski definition) is 2. The molecule has 1 unspecified atom stereocenters. The SMILES string of the molecule is CC(CNC(=O)c1nonc1N)N(C)C1CC1. The zero-order valence-corrected chi connectivity index (χ0v) is 10.0. The van der Waals surface area contributed by atoms with E-state index in [-0.39, 0.29) is 23.5 Å². The van der Waals surface area contributed by atoms with Crippen LogP contribution >= 0.6 is 0 Å². The van der Waals surface area contributed by atoms with Crippen LogP contribution in [0.4, 0.5) is 5.82 Å². The van der Waals surface area contributed by atoms with Gasteiger partial charge in [-0.3, -0.25) is 9.69 Å². The quantitative estimate of drug-likeness (QED) is 0.742. The van der Waals surface area contributed by atoms with E-state index in [1.54, 1.807) is 0 Å². The minimum atomic E-state index is -0.347. The van der Waals surface area contributed by atoms with E-state index in [0.29, 0.717) is 12.6 Å². The third kappa shape index (κ3) is 2.73. The van der Waals surface area contributed by atoms with E-state index in [0.717, 1.165) is 0 Å². The van der Waals surface area contributed by atoms with E-state index < -0.39 is 0 Å². The second-order valence-corrected chi connectivity index (χ2v) is 4.45. The summed E-state index contributed by atoms with van der Waals surface area (Å²) in [5.41, 5.74) is 5.47. The van der Waals surface area contributed by atoms with Gasteiger partial charge in [0.25, 0.3) is 5.91 Å². The number of hydrogen-bond acceptors (Lipinski definition) is 6. The molecule has 0 aliphatic heterocycles. The Morgan fingerprint density at radius 2 is 2.35 bits per heavy atom. The van der Waals surface area contributed by atoms with Crippen LogP contribution in [0.15, 0.2) is 4.63 Å². The topological polar surface area (TPSA) is 97.3 Å². The summed E-state index contributed by atoms with van der Waals surface area (Å²) >= 11 is 0. The second kappa shape index (κ2) is 4.70. The molecule has 0 aromatic carbocycles. The lowest BCUT2D eigenvalue weighted by molar-refractivity contribution is 0.0930. The van der Waals surface area contributed by atoms with Crippen molar-refractivity contribution in [3.05, 3.63) is 5.69 Å². The molecule has 0 spiro atoms. The van der Waals surface area contributed by atoms with Crippen molar-refractivity contribution in [2.24, 2.45) is 0 Å². The summed E-state index contributed by atoms with van der Waals surface area (Å²) in [6.45, 7) is 2.63. The number of nitrogens with one attached hydrogen (secondary N) is 1. The third-order valence-corrected chi connectivity index (χ3v) is 3.11. The first-order valence-corrected chi connectivity index (χ1v) is 5.67. The third-order valence-electron chi connectivity index (χ3n) is 3.11. The lowest BCUT2D eigenvalue weighted by Crippen LogP contribution is -2.41. The summed E-state index contributed by atoms with van der Waals surface area (Å²) in [4.78, 5) is 13.9. The highest BCUT2D eigenvalue weighted by atomic mass is 16.6. The number of amides is 1. The van der Waals surface area contributed by atoms with Crippen molar-refractivity contribution in [2.45, 2.75) is 31.8 Å². The standard InChI is InChI=1S/C10H17N5O2/c1-6(15(2)7-3-4-7)5-12-10(16)8-9(11)14-17-13-8/h6-7H,3-5H2,1-2H3,(H2,11,14)(H,12,16). The van der Waals surface area contributed by atoms with Crippen molar-refractivity contribution < 1.29 is 9.42 Å². The van der Waals surface area contributed by atoms with Crippen LogP contribution in [-0.4, -0.2) is 46.8 Å². The summed E-state index contributed by atoms with van der Waals surface area (Å²) in [5.74, 6) is -0.328. The molecule has 1 saturated carbocycles. The van der Waals surface area contributed by atoms with Gasteiger partial charge in [-0.2, -0.15) is 0 Å². The fourth-order valence-electron chi connectivity index (χ4n) is 1.66. The molecular formula is C10H17N5O2. The molecule has 2 rings (SSSR count). The zero-order valence-electron chi connectivity index (χ0n) is 10.0. The number of nitrogens with zero attached hydrogens (tertiary/aromatic N) is 3. The molecule has 1 aliphatic carbocycles. The van der Waals surface area contributed by atoms with Crippen LogP contribution < -0.4 is 11.1 Å². The van der Waals surface area contributed by atoms with Crippen LogP contribution in [0.25, 0.3) is 0 Å². The summed E-state index contributed by atoms with van der Waals surface area (Å²) in [5, 5.41) is 9.57. The average molecular weight is 239 g/mol. The highest BCUT2D eigenvalue weighted by Crippen LogP contribution is 2.26. The molecule has 0 radical (unpaired) electrons. The van der Waals surface area contributed by atoms with Gasteiger partial charge in [-0.15, -0.1) is 0 Å². The van der Waals surface area contributed by atoms with E-state index in [1.165, 1.54) is 12.8 Å². The Balaban J connectivity index is 1.81. The predicted octanol–water partition coefficient (Wildman–Crippen LogP) is -0.136. The smallest absolute Gasteiger partial charge is 0.277 e. The van der Waals surface area contributed by atoms with Crippen molar-refractivity contribution in [2.75, 3.05) is 19.3 Å². The first kappa shape index (κ1) is 11.8. The van der Waals surface area contributed by atoms with Gasteiger partial charge in [0.1, 0.15) is 0 Å². The van der Waals surface area contributed by atoms with E-state index in [1.807, 2.05) is 0 Å². The summed E-state index contributed by atoms with van der Waals surface area (Å²) < 4.78 is 4.37. The van der Waals surface area contributed by atoms with Crippen LogP contribution in [-0.2, 0) is 0 Å². The Morgan fingerprint density at radius 1 is 1.65 bits per heavy atom. The largest absolute Gasteiger partial charge is 0.379 e. The minimum absolute atomic E-state index is 0.0192.